The highest BCUT2D eigenvalue weighted by atomic mass is 79.9. The highest BCUT2D eigenvalue weighted by Crippen LogP contribution is 2.38. The number of carboxylic acids is 1. The molecule has 1 N–H and O–H groups in total. The van der Waals surface area contributed by atoms with Gasteiger partial charge in [-0.25, -0.2) is 13.2 Å². The number of halogens is 4. The molecule has 1 saturated heterocycles. The zero-order chi connectivity index (χ0) is 21.6. The van der Waals surface area contributed by atoms with Crippen LogP contribution in [0, 0.1) is 0 Å². The molecule has 0 unspecified atom stereocenters. The molecule has 0 saturated carbocycles. The van der Waals surface area contributed by atoms with Crippen LogP contribution in [-0.2, 0) is 16.2 Å². The number of alkyl halides is 3. The normalized spacial score (nSPS) is 18.8. The molecule has 0 bridgehead atoms. The van der Waals surface area contributed by atoms with Crippen molar-refractivity contribution < 1.29 is 31.5 Å². The van der Waals surface area contributed by atoms with Crippen molar-refractivity contribution in [1.29, 1.82) is 0 Å². The first-order chi connectivity index (χ1) is 13.4. The maximum absolute atomic E-state index is 13.5. The van der Waals surface area contributed by atoms with E-state index in [4.69, 9.17) is 5.11 Å². The molecular weight excluding hydrogens is 497 g/mol. The lowest BCUT2D eigenvalue weighted by Crippen LogP contribution is -2.54. The van der Waals surface area contributed by atoms with Crippen LogP contribution < -0.4 is 4.90 Å². The summed E-state index contributed by atoms with van der Waals surface area (Å²) in [6, 6.07) is 5.38. The third-order valence-electron chi connectivity index (χ3n) is 4.57. The molecule has 29 heavy (non-hydrogen) atoms. The largest absolute Gasteiger partial charge is 0.478 e. The van der Waals surface area contributed by atoms with Crippen LogP contribution in [0.15, 0.2) is 38.3 Å². The van der Waals surface area contributed by atoms with E-state index in [0.717, 1.165) is 23.5 Å². The van der Waals surface area contributed by atoms with E-state index in [1.807, 2.05) is 0 Å². The number of piperazine rings is 1. The van der Waals surface area contributed by atoms with Crippen molar-refractivity contribution in [2.75, 3.05) is 24.5 Å². The summed E-state index contributed by atoms with van der Waals surface area (Å²) in [5.41, 5.74) is -1.67. The lowest BCUT2D eigenvalue weighted by molar-refractivity contribution is -0.137. The van der Waals surface area contributed by atoms with E-state index in [-0.39, 0.29) is 29.5 Å². The molecule has 1 aromatic heterocycles. The minimum atomic E-state index is -4.74. The fraction of sp³-hybridized carbons (Fsp3) is 0.353. The van der Waals surface area contributed by atoms with Crippen molar-refractivity contribution >= 4 is 48.9 Å². The molecule has 12 heteroatoms. The van der Waals surface area contributed by atoms with Gasteiger partial charge in [0.15, 0.2) is 0 Å². The maximum atomic E-state index is 13.5. The van der Waals surface area contributed by atoms with Crippen LogP contribution in [0.4, 0.5) is 18.9 Å². The lowest BCUT2D eigenvalue weighted by Gasteiger charge is -2.40. The molecule has 3 rings (SSSR count). The summed E-state index contributed by atoms with van der Waals surface area (Å²) in [4.78, 5) is 12.5. The number of carbonyl (C=O) groups is 1. The van der Waals surface area contributed by atoms with Gasteiger partial charge in [-0.15, -0.1) is 11.3 Å². The maximum Gasteiger partial charge on any atom is 0.418 e. The molecule has 1 aliphatic rings. The Bertz CT molecular complexity index is 1040. The summed E-state index contributed by atoms with van der Waals surface area (Å²) in [6.45, 7) is 1.73. The molecule has 2 aromatic rings. The Morgan fingerprint density at radius 3 is 2.45 bits per heavy atom. The van der Waals surface area contributed by atoms with E-state index in [2.05, 4.69) is 15.9 Å². The third kappa shape index (κ3) is 4.44. The zero-order valence-electron chi connectivity index (χ0n) is 15.0. The predicted molar refractivity (Wildman–Crippen MR) is 106 cm³/mol. The molecular formula is C17H16BrF3N2O4S2. The second-order valence-electron chi connectivity index (χ2n) is 6.50. The molecule has 158 valence electrons. The number of nitrogens with zero attached hydrogens (tertiary/aromatic N) is 2. The average molecular weight is 513 g/mol. The first-order valence-corrected chi connectivity index (χ1v) is 11.4. The lowest BCUT2D eigenvalue weighted by atomic mass is 10.1. The van der Waals surface area contributed by atoms with Crippen molar-refractivity contribution in [3.05, 3.63) is 45.2 Å². The summed E-state index contributed by atoms with van der Waals surface area (Å²) < 4.78 is 68.3. The standard InChI is InChI=1S/C17H16BrF3N2O4S2/c1-10-9-22(6-7-23(10)29(26,27)15-5-4-14(18)28-15)13-3-2-11(16(24)25)8-12(13)17(19,20)21/h2-5,8,10H,6-7,9H2,1H3,(H,24,25)/t10-/m1/s1. The van der Waals surface area contributed by atoms with Gasteiger partial charge in [-0.05, 0) is 53.2 Å². The quantitative estimate of drug-likeness (QED) is 0.666. The topological polar surface area (TPSA) is 77.9 Å². The Balaban J connectivity index is 1.89. The number of carboxylic acid groups (broad SMARTS) is 1. The van der Waals surface area contributed by atoms with Crippen LogP contribution >= 0.6 is 27.3 Å². The number of anilines is 1. The first-order valence-electron chi connectivity index (χ1n) is 8.38. The molecule has 6 nitrogen and oxygen atoms in total. The van der Waals surface area contributed by atoms with Crippen LogP contribution in [0.3, 0.4) is 0 Å². The summed E-state index contributed by atoms with van der Waals surface area (Å²) in [5, 5.41) is 9.00. The number of hydrogen-bond donors (Lipinski definition) is 1. The number of benzene rings is 1. The van der Waals surface area contributed by atoms with Gasteiger partial charge in [0.25, 0.3) is 10.0 Å². The fourth-order valence-electron chi connectivity index (χ4n) is 3.24. The van der Waals surface area contributed by atoms with Gasteiger partial charge in [0.1, 0.15) is 4.21 Å². The predicted octanol–water partition coefficient (Wildman–Crippen LogP) is 4.13. The van der Waals surface area contributed by atoms with E-state index >= 15 is 0 Å². The second-order valence-corrected chi connectivity index (χ2v) is 11.1. The van der Waals surface area contributed by atoms with Gasteiger partial charge >= 0.3 is 12.1 Å². The van der Waals surface area contributed by atoms with E-state index < -0.39 is 39.3 Å². The minimum Gasteiger partial charge on any atom is -0.478 e. The number of rotatable bonds is 4. The van der Waals surface area contributed by atoms with Gasteiger partial charge in [-0.2, -0.15) is 17.5 Å². The third-order valence-corrected chi connectivity index (χ3v) is 8.67. The van der Waals surface area contributed by atoms with Crippen LogP contribution in [0.1, 0.15) is 22.8 Å². The molecule has 1 aromatic carbocycles. The summed E-state index contributed by atoms with van der Waals surface area (Å²) in [6.07, 6.45) is -4.74. The number of hydrogen-bond acceptors (Lipinski definition) is 5. The van der Waals surface area contributed by atoms with Crippen LogP contribution in [0.25, 0.3) is 0 Å². The minimum absolute atomic E-state index is 0.0109. The smallest absolute Gasteiger partial charge is 0.418 e. The molecule has 0 aliphatic carbocycles. The summed E-state index contributed by atoms with van der Waals surface area (Å²) in [7, 11) is -3.76. The average Bonchev–Trinajstić information content (AvgIpc) is 3.07. The van der Waals surface area contributed by atoms with Crippen molar-refractivity contribution in [2.24, 2.45) is 0 Å². The van der Waals surface area contributed by atoms with Gasteiger partial charge in [-0.1, -0.05) is 0 Å². The van der Waals surface area contributed by atoms with E-state index in [0.29, 0.717) is 9.85 Å². The van der Waals surface area contributed by atoms with Gasteiger partial charge in [0, 0.05) is 31.4 Å². The molecule has 0 amide bonds. The summed E-state index contributed by atoms with van der Waals surface area (Å²) >= 11 is 4.29. The fourth-order valence-corrected chi connectivity index (χ4v) is 6.99. The summed E-state index contributed by atoms with van der Waals surface area (Å²) in [5.74, 6) is -1.45. The number of aromatic carboxylic acids is 1. The second kappa shape index (κ2) is 7.89. The van der Waals surface area contributed by atoms with E-state index in [1.165, 1.54) is 15.3 Å². The molecule has 2 heterocycles. The van der Waals surface area contributed by atoms with Crippen molar-refractivity contribution in [2.45, 2.75) is 23.4 Å². The Hall–Kier alpha value is -1.63. The van der Waals surface area contributed by atoms with Crippen LogP contribution in [0.5, 0.6) is 0 Å². The van der Waals surface area contributed by atoms with Crippen LogP contribution in [-0.4, -0.2) is 49.5 Å². The molecule has 0 spiro atoms. The Labute approximate surface area is 177 Å². The number of thiophene rings is 1. The van der Waals surface area contributed by atoms with Gasteiger partial charge < -0.3 is 10.0 Å². The van der Waals surface area contributed by atoms with E-state index in [9.17, 15) is 26.4 Å². The zero-order valence-corrected chi connectivity index (χ0v) is 18.2. The Kier molecular flexibility index (Phi) is 6.01. The van der Waals surface area contributed by atoms with Crippen molar-refractivity contribution in [1.82, 2.24) is 4.31 Å². The molecule has 1 fully saturated rings. The van der Waals surface area contributed by atoms with E-state index in [1.54, 1.807) is 13.0 Å². The Morgan fingerprint density at radius 2 is 1.93 bits per heavy atom. The Morgan fingerprint density at radius 1 is 1.24 bits per heavy atom. The molecule has 0 radical (unpaired) electrons. The molecule has 1 aliphatic heterocycles. The van der Waals surface area contributed by atoms with Crippen LogP contribution in [0.2, 0.25) is 0 Å². The monoisotopic (exact) mass is 512 g/mol. The number of sulfonamides is 1. The van der Waals surface area contributed by atoms with Crippen molar-refractivity contribution in [3.63, 3.8) is 0 Å². The molecule has 1 atom stereocenters. The van der Waals surface area contributed by atoms with Crippen molar-refractivity contribution in [3.8, 4) is 0 Å². The van der Waals surface area contributed by atoms with Gasteiger partial charge in [0.05, 0.1) is 14.9 Å². The van der Waals surface area contributed by atoms with Gasteiger partial charge in [-0.3, -0.25) is 0 Å². The SMILES string of the molecule is C[C@@H]1CN(c2ccc(C(=O)O)cc2C(F)(F)F)CCN1S(=O)(=O)c1ccc(Br)s1. The van der Waals surface area contributed by atoms with Gasteiger partial charge in [0.2, 0.25) is 0 Å². The highest BCUT2D eigenvalue weighted by Gasteiger charge is 2.39. The first kappa shape index (κ1) is 22.1. The highest BCUT2D eigenvalue weighted by molar-refractivity contribution is 9.11.